The van der Waals surface area contributed by atoms with Crippen molar-refractivity contribution in [3.63, 3.8) is 0 Å². The highest BCUT2D eigenvalue weighted by atomic mass is 35.5. The molecule has 0 spiro atoms. The minimum atomic E-state index is -0.796. The molecule has 0 aliphatic carbocycles. The third-order valence-electron chi connectivity index (χ3n) is 5.97. The summed E-state index contributed by atoms with van der Waals surface area (Å²) in [5.74, 6) is -0.967. The largest absolute Gasteiger partial charge is 0.438 e. The van der Waals surface area contributed by atoms with Crippen molar-refractivity contribution >= 4 is 18.3 Å². The van der Waals surface area contributed by atoms with Crippen molar-refractivity contribution in [3.8, 4) is 22.8 Å². The van der Waals surface area contributed by atoms with Gasteiger partial charge in [-0.05, 0) is 68.1 Å². The topological polar surface area (TPSA) is 80.5 Å². The molecular weight excluding hydrogens is 467 g/mol. The van der Waals surface area contributed by atoms with E-state index in [1.807, 2.05) is 18.2 Å². The van der Waals surface area contributed by atoms with Crippen LogP contribution in [0.2, 0.25) is 0 Å². The van der Waals surface area contributed by atoms with Crippen molar-refractivity contribution in [3.05, 3.63) is 77.7 Å². The second-order valence-corrected chi connectivity index (χ2v) is 9.03. The average Bonchev–Trinajstić information content (AvgIpc) is 2.80. The van der Waals surface area contributed by atoms with Gasteiger partial charge in [0.1, 0.15) is 17.1 Å². The predicted octanol–water partition coefficient (Wildman–Crippen LogP) is 4.82. The van der Waals surface area contributed by atoms with Gasteiger partial charge in [0, 0.05) is 25.2 Å². The molecule has 4 rings (SSSR count). The summed E-state index contributed by atoms with van der Waals surface area (Å²) in [6, 6.07) is 18.1. The van der Waals surface area contributed by atoms with Gasteiger partial charge in [-0.25, -0.2) is 9.37 Å². The van der Waals surface area contributed by atoms with Crippen molar-refractivity contribution in [2.45, 2.75) is 38.8 Å². The number of aryl methyl sites for hydroxylation is 1. The number of nitrogens with one attached hydrogen (secondary N) is 1. The summed E-state index contributed by atoms with van der Waals surface area (Å²) in [5.41, 5.74) is 8.59. The summed E-state index contributed by atoms with van der Waals surface area (Å²) in [6.45, 7) is 7.77. The van der Waals surface area contributed by atoms with E-state index in [2.05, 4.69) is 53.3 Å². The van der Waals surface area contributed by atoms with E-state index in [9.17, 15) is 9.18 Å². The highest BCUT2D eigenvalue weighted by Gasteiger charge is 2.20. The van der Waals surface area contributed by atoms with Gasteiger partial charge >= 0.3 is 0 Å². The number of hydrogen-bond acceptors (Lipinski definition) is 5. The predicted molar refractivity (Wildman–Crippen MR) is 139 cm³/mol. The lowest BCUT2D eigenvalue weighted by atomic mass is 10.0. The van der Waals surface area contributed by atoms with Gasteiger partial charge in [-0.1, -0.05) is 36.4 Å². The Balaban J connectivity index is 0.00000342. The Bertz CT molecular complexity index is 1150. The van der Waals surface area contributed by atoms with E-state index in [0.717, 1.165) is 55.9 Å². The third-order valence-corrected chi connectivity index (χ3v) is 5.97. The van der Waals surface area contributed by atoms with Crippen LogP contribution in [0.4, 0.5) is 4.39 Å². The maximum absolute atomic E-state index is 13.5. The second-order valence-electron chi connectivity index (χ2n) is 9.03. The molecule has 1 amide bonds. The smallest absolute Gasteiger partial charge is 0.254 e. The van der Waals surface area contributed by atoms with Crippen LogP contribution in [0.1, 0.15) is 36.2 Å². The molecule has 8 heteroatoms. The zero-order valence-electron chi connectivity index (χ0n) is 20.0. The molecule has 0 radical (unpaired) electrons. The molecule has 3 N–H and O–H groups in total. The fraction of sp³-hybridized carbons (Fsp3) is 0.333. The SMILES string of the molecule is C[C@@H]1CN(CCCc2cccc(-c3cccc(Oc4ncc(F)cc4C(N)=O)c3)c2)C[C@H](C)N1.Cl. The van der Waals surface area contributed by atoms with Crippen molar-refractivity contribution in [1.82, 2.24) is 15.2 Å². The maximum Gasteiger partial charge on any atom is 0.254 e. The number of carbonyl (C=O) groups excluding carboxylic acids is 1. The first-order valence-electron chi connectivity index (χ1n) is 11.7. The van der Waals surface area contributed by atoms with E-state index < -0.39 is 11.7 Å². The maximum atomic E-state index is 13.5. The molecule has 2 heterocycles. The molecule has 2 atom stereocenters. The molecule has 1 aromatic heterocycles. The van der Waals surface area contributed by atoms with Crippen LogP contribution < -0.4 is 15.8 Å². The first kappa shape index (κ1) is 26.6. The number of amides is 1. The van der Waals surface area contributed by atoms with Gasteiger partial charge in [0.2, 0.25) is 5.88 Å². The quantitative estimate of drug-likeness (QED) is 0.465. The molecule has 35 heavy (non-hydrogen) atoms. The van der Waals surface area contributed by atoms with Crippen molar-refractivity contribution in [2.75, 3.05) is 19.6 Å². The average molecular weight is 499 g/mol. The number of hydrogen-bond donors (Lipinski definition) is 2. The molecule has 1 aliphatic rings. The lowest BCUT2D eigenvalue weighted by Gasteiger charge is -2.36. The summed E-state index contributed by atoms with van der Waals surface area (Å²) in [7, 11) is 0. The number of rotatable bonds is 8. The zero-order valence-corrected chi connectivity index (χ0v) is 20.9. The molecule has 0 saturated carbocycles. The Kier molecular flexibility index (Phi) is 9.20. The van der Waals surface area contributed by atoms with Crippen molar-refractivity contribution in [2.24, 2.45) is 5.73 Å². The van der Waals surface area contributed by atoms with E-state index in [0.29, 0.717) is 17.8 Å². The molecule has 0 unspecified atom stereocenters. The van der Waals surface area contributed by atoms with E-state index in [-0.39, 0.29) is 23.9 Å². The molecular formula is C27H32ClFN4O2. The molecule has 186 valence electrons. The third kappa shape index (κ3) is 7.24. The Morgan fingerprint density at radius 1 is 1.11 bits per heavy atom. The number of primary amides is 1. The van der Waals surface area contributed by atoms with Crippen LogP contribution in [0.25, 0.3) is 11.1 Å². The van der Waals surface area contributed by atoms with E-state index >= 15 is 0 Å². The van der Waals surface area contributed by atoms with Crippen molar-refractivity contribution < 1.29 is 13.9 Å². The Morgan fingerprint density at radius 2 is 1.80 bits per heavy atom. The van der Waals surface area contributed by atoms with Crippen LogP contribution in [0.15, 0.2) is 60.8 Å². The molecule has 2 aromatic carbocycles. The number of aromatic nitrogens is 1. The number of piperazine rings is 1. The van der Waals surface area contributed by atoms with E-state index in [1.54, 1.807) is 6.07 Å². The Hall–Kier alpha value is -3.00. The van der Waals surface area contributed by atoms with Crippen LogP contribution in [0.3, 0.4) is 0 Å². The molecule has 0 bridgehead atoms. The highest BCUT2D eigenvalue weighted by Crippen LogP contribution is 2.29. The number of benzene rings is 2. The zero-order chi connectivity index (χ0) is 24.1. The van der Waals surface area contributed by atoms with Crippen LogP contribution in [-0.2, 0) is 6.42 Å². The number of pyridine rings is 1. The fourth-order valence-electron chi connectivity index (χ4n) is 4.57. The Labute approximate surface area is 212 Å². The van der Waals surface area contributed by atoms with Gasteiger partial charge < -0.3 is 20.7 Å². The monoisotopic (exact) mass is 498 g/mol. The summed E-state index contributed by atoms with van der Waals surface area (Å²) in [5, 5.41) is 3.58. The van der Waals surface area contributed by atoms with E-state index in [4.69, 9.17) is 10.5 Å². The fourth-order valence-corrected chi connectivity index (χ4v) is 4.57. The first-order chi connectivity index (χ1) is 16.4. The molecule has 6 nitrogen and oxygen atoms in total. The number of nitrogens with zero attached hydrogens (tertiary/aromatic N) is 2. The van der Waals surface area contributed by atoms with Gasteiger partial charge in [0.05, 0.1) is 6.20 Å². The number of nitrogens with two attached hydrogens (primary N) is 1. The number of halogens is 2. The van der Waals surface area contributed by atoms with Crippen LogP contribution in [0.5, 0.6) is 11.6 Å². The minimum absolute atomic E-state index is 0. The number of carbonyl (C=O) groups is 1. The van der Waals surface area contributed by atoms with Crippen molar-refractivity contribution in [1.29, 1.82) is 0 Å². The number of ether oxygens (including phenoxy) is 1. The van der Waals surface area contributed by atoms with Gasteiger partial charge in [0.25, 0.3) is 5.91 Å². The molecule has 1 saturated heterocycles. The summed E-state index contributed by atoms with van der Waals surface area (Å²) >= 11 is 0. The minimum Gasteiger partial charge on any atom is -0.438 e. The van der Waals surface area contributed by atoms with Gasteiger partial charge in [-0.15, -0.1) is 12.4 Å². The molecule has 1 aliphatic heterocycles. The van der Waals surface area contributed by atoms with Crippen LogP contribution in [0, 0.1) is 5.82 Å². The van der Waals surface area contributed by atoms with Crippen LogP contribution >= 0.6 is 12.4 Å². The van der Waals surface area contributed by atoms with Gasteiger partial charge in [-0.3, -0.25) is 4.79 Å². The lowest BCUT2D eigenvalue weighted by Crippen LogP contribution is -2.54. The second kappa shape index (κ2) is 12.1. The normalized spacial score (nSPS) is 18.0. The van der Waals surface area contributed by atoms with Crippen LogP contribution in [-0.4, -0.2) is 47.5 Å². The van der Waals surface area contributed by atoms with E-state index in [1.165, 1.54) is 5.56 Å². The van der Waals surface area contributed by atoms with Gasteiger partial charge in [-0.2, -0.15) is 0 Å². The molecule has 3 aromatic rings. The summed E-state index contributed by atoms with van der Waals surface area (Å²) < 4.78 is 19.2. The Morgan fingerprint density at radius 3 is 2.51 bits per heavy atom. The first-order valence-corrected chi connectivity index (χ1v) is 11.7. The highest BCUT2D eigenvalue weighted by molar-refractivity contribution is 5.95. The standard InChI is InChI=1S/C27H31FN4O2.ClH/c1-18-16-32(17-19(2)31-18)11-5-7-20-6-3-8-21(12-20)22-9-4-10-24(13-22)34-27-25(26(29)33)14-23(28)15-30-27;/h3-4,6,8-10,12-15,18-19,31H,5,7,11,16-17H2,1-2H3,(H2,29,33);1H/t18-,19+;. The lowest BCUT2D eigenvalue weighted by molar-refractivity contribution is 0.0997. The summed E-state index contributed by atoms with van der Waals surface area (Å²) in [4.78, 5) is 18.1. The summed E-state index contributed by atoms with van der Waals surface area (Å²) in [6.07, 6.45) is 3.12. The van der Waals surface area contributed by atoms with Gasteiger partial charge in [0.15, 0.2) is 0 Å². The molecule has 1 fully saturated rings.